The van der Waals surface area contributed by atoms with Crippen molar-refractivity contribution in [3.63, 3.8) is 0 Å². The first kappa shape index (κ1) is 24.8. The minimum atomic E-state index is 0.730. The summed E-state index contributed by atoms with van der Waals surface area (Å²) in [6.07, 6.45) is 0. The van der Waals surface area contributed by atoms with Crippen molar-refractivity contribution in [2.24, 2.45) is 0 Å². The number of benzene rings is 7. The maximum absolute atomic E-state index is 6.86. The molecule has 220 valence electrons. The van der Waals surface area contributed by atoms with Crippen molar-refractivity contribution in [2.45, 2.75) is 0 Å². The summed E-state index contributed by atoms with van der Waals surface area (Å²) in [6.45, 7) is 0. The number of para-hydroxylation sites is 4. The van der Waals surface area contributed by atoms with Gasteiger partial charge in [0.15, 0.2) is 23.0 Å². The smallest absolute Gasteiger partial charge is 0.156 e. The minimum Gasteiger partial charge on any atom is -0.456 e. The van der Waals surface area contributed by atoms with Crippen LogP contribution in [0.3, 0.4) is 0 Å². The van der Waals surface area contributed by atoms with Gasteiger partial charge in [-0.15, -0.1) is 0 Å². The predicted molar refractivity (Wildman–Crippen MR) is 187 cm³/mol. The van der Waals surface area contributed by atoms with Crippen molar-refractivity contribution in [1.29, 1.82) is 0 Å². The summed E-state index contributed by atoms with van der Waals surface area (Å²) in [7, 11) is 0. The molecule has 0 radical (unpaired) electrons. The van der Waals surface area contributed by atoms with Gasteiger partial charge in [-0.2, -0.15) is 0 Å². The van der Waals surface area contributed by atoms with Gasteiger partial charge in [0.1, 0.15) is 28.0 Å². The molecule has 0 spiro atoms. The Morgan fingerprint density at radius 2 is 0.915 bits per heavy atom. The zero-order valence-corrected chi connectivity index (χ0v) is 24.9. The van der Waals surface area contributed by atoms with Crippen LogP contribution in [-0.4, -0.2) is 0 Å². The Kier molecular flexibility index (Phi) is 4.78. The second kappa shape index (κ2) is 9.05. The van der Waals surface area contributed by atoms with Gasteiger partial charge < -0.3 is 18.3 Å². The standard InChI is InChI=1S/C42H23NO4/c1-4-14-32-28(9-1)40-26(11-7-17-35(40)44-32)24-19-20-31-37(21-24)47-39-23-25(22-38-42(39)43(31)30-13-3-6-16-34(30)46-38)27-12-8-18-36-41(27)29-10-2-5-15-33(29)45-36/h1-23H. The van der Waals surface area contributed by atoms with Gasteiger partial charge >= 0.3 is 0 Å². The summed E-state index contributed by atoms with van der Waals surface area (Å²) in [5.74, 6) is 3.03. The molecule has 2 aromatic heterocycles. The van der Waals surface area contributed by atoms with Gasteiger partial charge in [-0.1, -0.05) is 78.9 Å². The van der Waals surface area contributed by atoms with Crippen LogP contribution in [0.1, 0.15) is 0 Å². The van der Waals surface area contributed by atoms with E-state index in [9.17, 15) is 0 Å². The first-order chi connectivity index (χ1) is 23.3. The molecule has 4 heterocycles. The van der Waals surface area contributed by atoms with Gasteiger partial charge in [-0.3, -0.25) is 4.90 Å². The molecule has 5 heteroatoms. The molecule has 5 nitrogen and oxygen atoms in total. The minimum absolute atomic E-state index is 0.730. The van der Waals surface area contributed by atoms with E-state index in [1.54, 1.807) is 0 Å². The van der Waals surface area contributed by atoms with Gasteiger partial charge in [0.2, 0.25) is 0 Å². The zero-order chi connectivity index (χ0) is 30.6. The Labute approximate surface area is 268 Å². The molecule has 7 aromatic carbocycles. The Hall–Kier alpha value is -6.46. The van der Waals surface area contributed by atoms with Crippen molar-refractivity contribution in [2.75, 3.05) is 4.90 Å². The fourth-order valence-corrected chi connectivity index (χ4v) is 7.43. The maximum Gasteiger partial charge on any atom is 0.156 e. The molecule has 11 rings (SSSR count). The summed E-state index contributed by atoms with van der Waals surface area (Å²) >= 11 is 0. The highest BCUT2D eigenvalue weighted by Gasteiger charge is 2.35. The van der Waals surface area contributed by atoms with Crippen LogP contribution in [0.25, 0.3) is 66.1 Å². The second-order valence-electron chi connectivity index (χ2n) is 12.1. The van der Waals surface area contributed by atoms with E-state index in [0.29, 0.717) is 0 Å². The van der Waals surface area contributed by atoms with Crippen LogP contribution in [-0.2, 0) is 0 Å². The fraction of sp³-hybridized carbons (Fsp3) is 0. The molecule has 0 saturated heterocycles. The summed E-state index contributed by atoms with van der Waals surface area (Å²) < 4.78 is 25.9. The van der Waals surface area contributed by atoms with Gasteiger partial charge in [-0.05, 0) is 82.9 Å². The third kappa shape index (κ3) is 3.43. The van der Waals surface area contributed by atoms with Crippen molar-refractivity contribution in [3.8, 4) is 45.3 Å². The summed E-state index contributed by atoms with van der Waals surface area (Å²) in [5, 5.41) is 4.34. The molecule has 9 aromatic rings. The predicted octanol–water partition coefficient (Wildman–Crippen LogP) is 12.5. The first-order valence-corrected chi connectivity index (χ1v) is 15.7. The molecule has 0 saturated carbocycles. The molecule has 2 aliphatic rings. The van der Waals surface area contributed by atoms with E-state index >= 15 is 0 Å². The van der Waals surface area contributed by atoms with Crippen molar-refractivity contribution < 1.29 is 18.3 Å². The molecule has 0 amide bonds. The van der Waals surface area contributed by atoms with E-state index in [1.165, 1.54) is 0 Å². The average molecular weight is 606 g/mol. The van der Waals surface area contributed by atoms with Crippen LogP contribution in [0.15, 0.2) is 148 Å². The van der Waals surface area contributed by atoms with Crippen LogP contribution >= 0.6 is 0 Å². The first-order valence-electron chi connectivity index (χ1n) is 15.7. The SMILES string of the molecule is c1ccc2c(c1)Oc1cc(-c3cccc4oc5ccccc5c34)cc3c1N2c1ccc(-c2cccc4oc5ccccc5c24)cc1O3. The van der Waals surface area contributed by atoms with Crippen LogP contribution in [0, 0.1) is 0 Å². The molecular formula is C42H23NO4. The molecular weight excluding hydrogens is 582 g/mol. The third-order valence-corrected chi connectivity index (χ3v) is 9.44. The van der Waals surface area contributed by atoms with E-state index in [-0.39, 0.29) is 0 Å². The zero-order valence-electron chi connectivity index (χ0n) is 24.9. The molecule has 0 atom stereocenters. The van der Waals surface area contributed by atoms with Gasteiger partial charge in [0.05, 0.1) is 11.4 Å². The van der Waals surface area contributed by atoms with E-state index in [4.69, 9.17) is 18.3 Å². The Balaban J connectivity index is 1.14. The number of anilines is 3. The maximum atomic E-state index is 6.86. The molecule has 0 bridgehead atoms. The molecule has 47 heavy (non-hydrogen) atoms. The number of rotatable bonds is 2. The Morgan fingerprint density at radius 1 is 0.383 bits per heavy atom. The van der Waals surface area contributed by atoms with Crippen LogP contribution < -0.4 is 14.4 Å². The highest BCUT2D eigenvalue weighted by Crippen LogP contribution is 2.61. The monoisotopic (exact) mass is 605 g/mol. The lowest BCUT2D eigenvalue weighted by atomic mass is 9.96. The number of hydrogen-bond donors (Lipinski definition) is 0. The van der Waals surface area contributed by atoms with Crippen molar-refractivity contribution in [1.82, 2.24) is 0 Å². The number of furan rings is 2. The fourth-order valence-electron chi connectivity index (χ4n) is 7.43. The summed E-state index contributed by atoms with van der Waals surface area (Å²) in [4.78, 5) is 2.26. The summed E-state index contributed by atoms with van der Waals surface area (Å²) in [5.41, 5.74) is 10.5. The Bertz CT molecular complexity index is 2770. The average Bonchev–Trinajstić information content (AvgIpc) is 3.70. The second-order valence-corrected chi connectivity index (χ2v) is 12.1. The van der Waals surface area contributed by atoms with Crippen LogP contribution in [0.4, 0.5) is 17.1 Å². The van der Waals surface area contributed by atoms with Gasteiger partial charge in [0, 0.05) is 21.5 Å². The van der Waals surface area contributed by atoms with E-state index in [1.807, 2.05) is 72.8 Å². The number of nitrogens with zero attached hydrogens (tertiary/aromatic N) is 1. The van der Waals surface area contributed by atoms with E-state index in [0.717, 1.165) is 106 Å². The topological polar surface area (TPSA) is 48.0 Å². The van der Waals surface area contributed by atoms with E-state index in [2.05, 4.69) is 71.6 Å². The van der Waals surface area contributed by atoms with Crippen molar-refractivity contribution >= 4 is 60.9 Å². The number of fused-ring (bicyclic) bond motifs is 10. The normalized spacial score (nSPS) is 13.0. The van der Waals surface area contributed by atoms with E-state index < -0.39 is 0 Å². The Morgan fingerprint density at radius 3 is 1.62 bits per heavy atom. The number of hydrogen-bond acceptors (Lipinski definition) is 5. The molecule has 2 aliphatic heterocycles. The van der Waals surface area contributed by atoms with Crippen LogP contribution in [0.5, 0.6) is 23.0 Å². The molecule has 0 N–H and O–H groups in total. The lowest BCUT2D eigenvalue weighted by molar-refractivity contribution is 0.446. The molecule has 0 unspecified atom stereocenters. The van der Waals surface area contributed by atoms with Crippen molar-refractivity contribution in [3.05, 3.63) is 140 Å². The summed E-state index contributed by atoms with van der Waals surface area (Å²) in [6, 6.07) is 47.7. The third-order valence-electron chi connectivity index (χ3n) is 9.44. The highest BCUT2D eigenvalue weighted by atomic mass is 16.5. The highest BCUT2D eigenvalue weighted by molar-refractivity contribution is 6.14. The van der Waals surface area contributed by atoms with Gasteiger partial charge in [0.25, 0.3) is 0 Å². The largest absolute Gasteiger partial charge is 0.456 e. The number of ether oxygens (including phenoxy) is 2. The lowest BCUT2D eigenvalue weighted by Crippen LogP contribution is -2.20. The van der Waals surface area contributed by atoms with Crippen LogP contribution in [0.2, 0.25) is 0 Å². The molecule has 0 aliphatic carbocycles. The molecule has 0 fully saturated rings. The van der Waals surface area contributed by atoms with Gasteiger partial charge in [-0.25, -0.2) is 0 Å². The quantitative estimate of drug-likeness (QED) is 0.196. The lowest BCUT2D eigenvalue weighted by Gasteiger charge is -2.38.